The third-order valence-electron chi connectivity index (χ3n) is 18.6. The predicted octanol–water partition coefficient (Wildman–Crippen LogP) is 28.2. The first kappa shape index (κ1) is 120. The maximum absolute atomic E-state index is 10.2. The summed E-state index contributed by atoms with van der Waals surface area (Å²) in [6, 6.07) is 144. The van der Waals surface area contributed by atoms with Crippen LogP contribution in [-0.2, 0) is 150 Å². The van der Waals surface area contributed by atoms with Gasteiger partial charge in [-0.1, -0.05) is 196 Å². The van der Waals surface area contributed by atoms with Crippen molar-refractivity contribution in [1.82, 2.24) is 34.9 Å². The van der Waals surface area contributed by atoms with Gasteiger partial charge in [0.25, 0.3) is 0 Å². The van der Waals surface area contributed by atoms with Crippen LogP contribution < -0.4 is 0 Å². The molecule has 0 amide bonds. The van der Waals surface area contributed by atoms with Gasteiger partial charge in [-0.15, -0.1) is 202 Å². The van der Waals surface area contributed by atoms with Gasteiger partial charge in [0.2, 0.25) is 0 Å². The van der Waals surface area contributed by atoms with Crippen LogP contribution in [-0.4, -0.2) is 57.3 Å². The Morgan fingerprint density at radius 1 is 0.302 bits per heavy atom. The topological polar surface area (TPSA) is 189 Å². The molecule has 18 rings (SSSR count). The molecule has 18 aromatic rings. The number of aromatic nitrogens is 7. The number of pyridine rings is 5. The van der Waals surface area contributed by atoms with E-state index in [-0.39, 0.29) is 139 Å². The summed E-state index contributed by atoms with van der Waals surface area (Å²) in [6.07, 6.45) is 15.0. The number of aromatic hydroxyl groups is 1. The second kappa shape index (κ2) is 69.0. The largest absolute Gasteiger partial charge is 2.00 e. The molecule has 0 aliphatic carbocycles. The molecule has 0 bridgehead atoms. The molecular weight excluding hydrogens is 2800 g/mol. The molecule has 6 heterocycles. The molecule has 5 radical (unpaired) electrons. The van der Waals surface area contributed by atoms with Crippen LogP contribution in [0.3, 0.4) is 0 Å². The molecule has 0 spiro atoms. The van der Waals surface area contributed by atoms with Gasteiger partial charge in [0.05, 0.1) is 28.7 Å². The van der Waals surface area contributed by atoms with Gasteiger partial charge in [-0.2, -0.15) is 63.3 Å². The van der Waals surface area contributed by atoms with Crippen LogP contribution in [0.25, 0.3) is 123 Å². The van der Waals surface area contributed by atoms with Gasteiger partial charge in [-0.3, -0.25) is 24.4 Å². The molecule has 0 saturated heterocycles. The monoisotopic (exact) mass is 2900 g/mol. The van der Waals surface area contributed by atoms with Gasteiger partial charge in [0, 0.05) is 178 Å². The standard InChI is InChI=1S/C22H15N2.C17H11N.C15H10N.2C12H10N.C12H10O.C11H8N.3C6H9O2.5Ir.Pt/c1-4-10-17(11-5-1)20-16-23-21(18-12-6-2-7-13-18)22(24-20)19-14-8-3-9-15-19;1-2-7-14(8-3-1)15-9-6-10-16(13-15)17-11-4-5-12-18-17;1-2-7-13(8-3-1)15-14-9-5-4-6-12(14)10-11-16-15;1-10-5-4-6-11(9-10)12-7-2-3-8-13-12;1-10-5-7-11(8-6-10)12-4-2-3-9-13-12;13-12-9-5-4-8-11(12)10-6-2-1-3-7-10;1-2-6-10(7-3-1)11-8-4-5-9-12-11;3*1-5(7)4-6(2)8-3;;;;;;/h1-12,14-16H;1-7,9-12H;1-7,9-11H;2-5,7-9H,1H3;2-7,9H,1H3;1-9,13H;1-6,8-9H;3*4H,3H2,1-2H3;;;;;;/q-1;-2;3*-1;;4*-1;;;;;;+2. The third-order valence-corrected chi connectivity index (χ3v) is 18.6. The van der Waals surface area contributed by atoms with Crippen molar-refractivity contribution in [2.24, 2.45) is 0 Å². The Morgan fingerprint density at radius 2 is 0.691 bits per heavy atom. The second-order valence-electron chi connectivity index (χ2n) is 29.0. The van der Waals surface area contributed by atoms with Crippen molar-refractivity contribution in [3.05, 3.63) is 518 Å². The molecule has 6 aromatic heterocycles. The summed E-state index contributed by atoms with van der Waals surface area (Å²) >= 11 is 0. The number of carbonyl (C=O) groups is 3. The summed E-state index contributed by atoms with van der Waals surface area (Å²) in [7, 11) is 9.35. The van der Waals surface area contributed by atoms with Gasteiger partial charge in [0.1, 0.15) is 5.75 Å². The van der Waals surface area contributed by atoms with Gasteiger partial charge in [-0.25, -0.2) is 5.56 Å². The molecule has 12 aromatic carbocycles. The minimum Gasteiger partial charge on any atom is -0.668 e. The number of ether oxygens (including phenoxy) is 3. The Bertz CT molecular complexity index is 6420. The van der Waals surface area contributed by atoms with E-state index in [1.165, 1.54) is 60.9 Å². The fourth-order valence-electron chi connectivity index (χ4n) is 12.2. The first-order valence-corrected chi connectivity index (χ1v) is 42.4. The Balaban J connectivity index is 0.000000403. The van der Waals surface area contributed by atoms with Crippen LogP contribution in [0, 0.1) is 77.6 Å². The zero-order valence-corrected chi connectivity index (χ0v) is 91.8. The van der Waals surface area contributed by atoms with Crippen LogP contribution in [0.2, 0.25) is 0 Å². The van der Waals surface area contributed by atoms with Crippen LogP contribution in [0.15, 0.2) is 443 Å². The van der Waals surface area contributed by atoms with E-state index in [0.717, 1.165) is 112 Å². The van der Waals surface area contributed by atoms with E-state index in [1.54, 1.807) is 51.6 Å². The maximum atomic E-state index is 10.2. The Labute approximate surface area is 900 Å². The van der Waals surface area contributed by atoms with Crippen molar-refractivity contribution >= 4 is 28.1 Å². The zero-order chi connectivity index (χ0) is 94.4. The summed E-state index contributed by atoms with van der Waals surface area (Å²) in [6.45, 7) is 13.5. The summed E-state index contributed by atoms with van der Waals surface area (Å²) < 4.78 is 13.4. The first-order chi connectivity index (χ1) is 64.9. The van der Waals surface area contributed by atoms with E-state index in [1.807, 2.05) is 340 Å². The predicted molar refractivity (Wildman–Crippen MR) is 537 cm³/mol. The fraction of sp³-hybridized carbons (Fsp3) is 0.0672. The number of allylic oxidation sites excluding steroid dienone is 6. The molecule has 0 aliphatic rings. The van der Waals surface area contributed by atoms with Crippen molar-refractivity contribution in [3.8, 4) is 118 Å². The zero-order valence-electron chi connectivity index (χ0n) is 77.5. The molecule has 0 fully saturated rings. The van der Waals surface area contributed by atoms with Crippen molar-refractivity contribution in [2.45, 2.75) is 55.4 Å². The number of phenolic OH excluding ortho intramolecular Hbond substituents is 1. The minimum atomic E-state index is -0.0221. The van der Waals surface area contributed by atoms with Crippen molar-refractivity contribution in [1.29, 1.82) is 0 Å². The number of aryl methyl sites for hydroxylation is 2. The molecule has 0 atom stereocenters. The number of phenols is 1. The van der Waals surface area contributed by atoms with E-state index < -0.39 is 0 Å². The Morgan fingerprint density at radius 3 is 1.12 bits per heavy atom. The number of hydrogen-bond donors (Lipinski definition) is 1. The summed E-state index contributed by atoms with van der Waals surface area (Å²) in [4.78, 5) is 61.8. The van der Waals surface area contributed by atoms with E-state index >= 15 is 0 Å². The number of nitrogens with zero attached hydrogens (tertiary/aromatic N) is 7. The van der Waals surface area contributed by atoms with Crippen molar-refractivity contribution < 1.29 is 155 Å². The number of ketones is 3. The van der Waals surface area contributed by atoms with E-state index in [0.29, 0.717) is 23.0 Å². The SMILES string of the molecule is Cc1c[c-]c(-c2ccccn2)cc1.Cc1cc[c-]c(-c2ccccn2)c1.Oc1ccccc1-c1ccccc1.[CH2-]OC(C)=CC(C)=O.[CH2-]OC(C)=CC(C)=O.[CH2-]OC(C)=CC(C)=O.[Ir].[Ir].[Ir].[Ir].[Ir].[Pt+2].[c-]1ccccc1-c1[c-]c(-c2ccccn2)ccc1.[c-]1ccccc1-c1ccccn1.[c-]1ccccc1-c1ncc(-c2ccccc2)nc1-c1ccccc1.[c-]1ccccc1-c1nccc2ccccc12. The van der Waals surface area contributed by atoms with Crippen molar-refractivity contribution in [3.63, 3.8) is 0 Å². The second-order valence-corrected chi connectivity index (χ2v) is 29.0. The number of hydrogen-bond acceptors (Lipinski definition) is 14. The van der Waals surface area contributed by atoms with E-state index in [4.69, 9.17) is 9.97 Å². The molecule has 14 nitrogen and oxygen atoms in total. The molecule has 0 saturated carbocycles. The fourth-order valence-corrected chi connectivity index (χ4v) is 12.2. The number of para-hydroxylation sites is 1. The van der Waals surface area contributed by atoms with Crippen LogP contribution in [0.5, 0.6) is 5.75 Å². The molecule has 717 valence electrons. The molecule has 0 aliphatic heterocycles. The number of rotatable bonds is 16. The van der Waals surface area contributed by atoms with Crippen molar-refractivity contribution in [2.75, 3.05) is 0 Å². The van der Waals surface area contributed by atoms with Crippen LogP contribution in [0.4, 0.5) is 0 Å². The van der Waals surface area contributed by atoms with Gasteiger partial charge >= 0.3 is 21.1 Å². The minimum absolute atomic E-state index is 0. The van der Waals surface area contributed by atoms with Crippen LogP contribution in [0.1, 0.15) is 52.7 Å². The number of benzene rings is 12. The quantitative estimate of drug-likeness (QED) is 0.0546. The molecule has 1 N–H and O–H groups in total. The smallest absolute Gasteiger partial charge is 0.668 e. The number of carbonyl (C=O) groups excluding carboxylic acids is 3. The summed E-state index contributed by atoms with van der Waals surface area (Å²) in [5.74, 6) is 1.88. The molecule has 20 heteroatoms. The average Bonchev–Trinajstić information content (AvgIpc) is 0.794. The maximum Gasteiger partial charge on any atom is 2.00 e. The first-order valence-electron chi connectivity index (χ1n) is 42.4. The normalized spacial score (nSPS) is 9.88. The molecule has 0 unspecified atom stereocenters. The Hall–Kier alpha value is -12.9. The van der Waals surface area contributed by atoms with E-state index in [2.05, 4.69) is 153 Å². The Kier molecular flexibility index (Phi) is 59.7. The summed E-state index contributed by atoms with van der Waals surface area (Å²) in [5.41, 5.74) is 22.2. The number of fused-ring (bicyclic) bond motifs is 1. The van der Waals surface area contributed by atoms with Gasteiger partial charge in [0.15, 0.2) is 17.3 Å². The van der Waals surface area contributed by atoms with Gasteiger partial charge in [-0.05, 0) is 123 Å². The van der Waals surface area contributed by atoms with Crippen LogP contribution >= 0.6 is 0 Å². The average molecular weight is 2900 g/mol. The summed E-state index contributed by atoms with van der Waals surface area (Å²) in [5, 5.41) is 12.0. The van der Waals surface area contributed by atoms with E-state index in [9.17, 15) is 19.5 Å². The molecule has 139 heavy (non-hydrogen) atoms. The van der Waals surface area contributed by atoms with Gasteiger partial charge < -0.3 is 44.2 Å². The molecular formula is C119H101Ir5N7O7Pt-8. The third kappa shape index (κ3) is 43.8.